The fourth-order valence-electron chi connectivity index (χ4n) is 9.08. The van der Waals surface area contributed by atoms with E-state index in [1.165, 1.54) is 49.7 Å². The van der Waals surface area contributed by atoms with E-state index in [0.717, 1.165) is 0 Å². The fraction of sp³-hybridized carbons (Fsp3) is 0.792. The van der Waals surface area contributed by atoms with Crippen molar-refractivity contribution in [2.45, 2.75) is 196 Å². The Bertz CT molecular complexity index is 2000. The van der Waals surface area contributed by atoms with Gasteiger partial charge in [0, 0.05) is 60.0 Å². The highest BCUT2D eigenvalue weighted by atomic mass is 16.3. The normalized spacial score (nSPS) is 26.8. The lowest BCUT2D eigenvalue weighted by atomic mass is 9.94. The van der Waals surface area contributed by atoms with Gasteiger partial charge in [0.2, 0.25) is 65.0 Å². The topological polar surface area (TPSA) is 314 Å². The van der Waals surface area contributed by atoms with Crippen LogP contribution in [-0.4, -0.2) is 180 Å². The maximum Gasteiger partial charge on any atom is 0.245 e. The van der Waals surface area contributed by atoms with E-state index in [2.05, 4.69) is 42.5 Å². The van der Waals surface area contributed by atoms with Crippen molar-refractivity contribution < 1.29 is 57.8 Å². The lowest BCUT2D eigenvalue weighted by Gasteiger charge is -2.35. The molecule has 0 aromatic rings. The number of hydrogen-bond donors (Lipinski definition) is 9. The summed E-state index contributed by atoms with van der Waals surface area (Å²) in [6.07, 6.45) is -0.924. The van der Waals surface area contributed by atoms with Crippen molar-refractivity contribution in [3.63, 3.8) is 0 Å². The molecular weight excluding hydrogens is 983 g/mol. The number of nitrogens with one attached hydrogen (secondary N) is 8. The third kappa shape index (κ3) is 21.3. The van der Waals surface area contributed by atoms with E-state index in [1.54, 1.807) is 41.5 Å². The highest BCUT2D eigenvalue weighted by Crippen LogP contribution is 2.20. The first kappa shape index (κ1) is 68.1. The van der Waals surface area contributed by atoms with Crippen molar-refractivity contribution in [2.75, 3.05) is 40.8 Å². The highest BCUT2D eigenvalue weighted by molar-refractivity contribution is 5.97. The smallest absolute Gasteiger partial charge is 0.245 e. The first-order chi connectivity index (χ1) is 35.3. The number of aliphatic hydroxyl groups is 1. The molecule has 0 bridgehead atoms. The molecular formula is C53H95N11O12. The third-order valence-electron chi connectivity index (χ3n) is 13.8. The van der Waals surface area contributed by atoms with Crippen LogP contribution in [0.15, 0.2) is 0 Å². The van der Waals surface area contributed by atoms with Gasteiger partial charge in [0.1, 0.15) is 48.3 Å². The van der Waals surface area contributed by atoms with Gasteiger partial charge in [-0.05, 0) is 62.2 Å². The molecule has 0 aromatic carbocycles. The zero-order valence-corrected chi connectivity index (χ0v) is 48.5. The Morgan fingerprint density at radius 2 is 0.816 bits per heavy atom. The van der Waals surface area contributed by atoms with Gasteiger partial charge >= 0.3 is 0 Å². The molecule has 1 aliphatic rings. The number of aliphatic hydroxyl groups excluding tert-OH is 1. The summed E-state index contributed by atoms with van der Waals surface area (Å²) < 4.78 is 0. The van der Waals surface area contributed by atoms with Crippen LogP contribution in [0.25, 0.3) is 0 Å². The van der Waals surface area contributed by atoms with Gasteiger partial charge in [-0.1, -0.05) is 95.9 Å². The quantitative estimate of drug-likeness (QED) is 0.135. The highest BCUT2D eigenvalue weighted by Gasteiger charge is 2.40. The van der Waals surface area contributed by atoms with Crippen molar-refractivity contribution in [1.82, 2.24) is 57.2 Å². The molecule has 1 saturated heterocycles. The molecule has 0 saturated carbocycles. The average molecular weight is 1080 g/mol. The standard InChI is InChI=1S/C53H95N11O12/c1-18-32(11)44-48(71)56-25-22-40(68)60-41(30(7)8)53(76)62(15)43(31(9)10)49(72)57-34(13)46(69)54-23-20-38(66)59-37(27-29(5)6)52(75)64(17)45(33(12)19-2)50(73)61-42(35(14)65)47(70)55-24-21-39(67)58-36(26-28(3)4)51(74)63(44)16/h28-37,41-45,65H,18-27H2,1-17H3,(H,54,69)(H,55,70)(H,56,71)(H,57,72)(H,58,67)(H,59,66)(H,60,68)(H,61,73)/t32-,33-,34+,35+,36+,37+,41+,42-,43+,44-,45+/m0/s1. The van der Waals surface area contributed by atoms with Crippen LogP contribution in [0.1, 0.15) is 142 Å². The van der Waals surface area contributed by atoms with E-state index in [0.29, 0.717) is 12.8 Å². The molecule has 11 atom stereocenters. The van der Waals surface area contributed by atoms with E-state index in [1.807, 2.05) is 41.5 Å². The number of carbonyl (C=O) groups is 11. The zero-order chi connectivity index (χ0) is 58.5. The summed E-state index contributed by atoms with van der Waals surface area (Å²) in [6.45, 7) is 23.7. The molecule has 0 unspecified atom stereocenters. The Morgan fingerprint density at radius 1 is 0.447 bits per heavy atom. The van der Waals surface area contributed by atoms with E-state index in [-0.39, 0.29) is 69.5 Å². The summed E-state index contributed by atoms with van der Waals surface area (Å²) in [4.78, 5) is 155. The number of amides is 11. The summed E-state index contributed by atoms with van der Waals surface area (Å²) in [5, 5.41) is 32.1. The monoisotopic (exact) mass is 1080 g/mol. The van der Waals surface area contributed by atoms with Crippen molar-refractivity contribution in [3.05, 3.63) is 0 Å². The van der Waals surface area contributed by atoms with E-state index in [9.17, 15) is 57.8 Å². The summed E-state index contributed by atoms with van der Waals surface area (Å²) in [5.74, 6) is -8.75. The van der Waals surface area contributed by atoms with Crippen LogP contribution in [-0.2, 0) is 52.7 Å². The average Bonchev–Trinajstić information content (AvgIpc) is 3.32. The second-order valence-electron chi connectivity index (χ2n) is 22.1. The lowest BCUT2D eigenvalue weighted by molar-refractivity contribution is -0.145. The number of hydrogen-bond acceptors (Lipinski definition) is 12. The van der Waals surface area contributed by atoms with Gasteiger partial charge in [0.15, 0.2) is 0 Å². The predicted octanol–water partition coefficient (Wildman–Crippen LogP) is 0.321. The van der Waals surface area contributed by atoms with Gasteiger partial charge in [-0.2, -0.15) is 0 Å². The first-order valence-electron chi connectivity index (χ1n) is 27.1. The molecule has 1 fully saturated rings. The molecule has 23 heteroatoms. The van der Waals surface area contributed by atoms with Crippen molar-refractivity contribution >= 4 is 65.0 Å². The van der Waals surface area contributed by atoms with Crippen LogP contribution < -0.4 is 42.5 Å². The van der Waals surface area contributed by atoms with Gasteiger partial charge in [0.25, 0.3) is 0 Å². The minimum absolute atomic E-state index is 0.0813. The van der Waals surface area contributed by atoms with Gasteiger partial charge in [0.05, 0.1) is 6.10 Å². The van der Waals surface area contributed by atoms with Crippen molar-refractivity contribution in [1.29, 1.82) is 0 Å². The summed E-state index contributed by atoms with van der Waals surface area (Å²) >= 11 is 0. The molecule has 0 aromatic heterocycles. The summed E-state index contributed by atoms with van der Waals surface area (Å²) in [7, 11) is 4.30. The lowest BCUT2D eigenvalue weighted by Crippen LogP contribution is -2.61. The van der Waals surface area contributed by atoms with Crippen LogP contribution in [0.5, 0.6) is 0 Å². The minimum atomic E-state index is -1.51. The SMILES string of the molecule is CC[C@H](C)[C@H]1C(=O)NCCC(=O)N[C@H](C(C)C)C(=O)N(C)[C@H](C(C)C)C(=O)N[C@H](C)C(=O)NCCC(=O)N[C@H](CC(C)C)C(=O)N(C)[C@H]([C@@H](C)CC)C(=O)N[C@@H]([C@@H](C)O)C(=O)NCCC(=O)N[C@H](CC(C)C)C(=O)N1C. The molecule has 76 heavy (non-hydrogen) atoms. The minimum Gasteiger partial charge on any atom is -0.391 e. The number of rotatable bonds is 11. The first-order valence-corrected chi connectivity index (χ1v) is 27.1. The van der Waals surface area contributed by atoms with Crippen LogP contribution in [0.2, 0.25) is 0 Å². The van der Waals surface area contributed by atoms with Gasteiger partial charge in [-0.3, -0.25) is 52.7 Å². The Kier molecular flexibility index (Phi) is 29.3. The largest absolute Gasteiger partial charge is 0.391 e. The van der Waals surface area contributed by atoms with Crippen molar-refractivity contribution in [2.24, 2.45) is 35.5 Å². The predicted molar refractivity (Wildman–Crippen MR) is 287 cm³/mol. The Morgan fingerprint density at radius 3 is 1.20 bits per heavy atom. The number of carbonyl (C=O) groups excluding carboxylic acids is 11. The van der Waals surface area contributed by atoms with Gasteiger partial charge in [-0.15, -0.1) is 0 Å². The van der Waals surface area contributed by atoms with E-state index < -0.39 is 137 Å². The molecule has 9 N–H and O–H groups in total. The molecule has 0 aliphatic carbocycles. The maximum atomic E-state index is 14.2. The molecule has 23 nitrogen and oxygen atoms in total. The molecule has 1 rings (SSSR count). The molecule has 434 valence electrons. The van der Waals surface area contributed by atoms with Gasteiger partial charge in [-0.25, -0.2) is 0 Å². The van der Waals surface area contributed by atoms with Gasteiger partial charge < -0.3 is 62.3 Å². The summed E-state index contributed by atoms with van der Waals surface area (Å²) in [5.41, 5.74) is 0. The third-order valence-corrected chi connectivity index (χ3v) is 13.8. The molecule has 1 aliphatic heterocycles. The van der Waals surface area contributed by atoms with Crippen LogP contribution in [0.3, 0.4) is 0 Å². The van der Waals surface area contributed by atoms with Crippen LogP contribution in [0, 0.1) is 35.5 Å². The Labute approximate surface area is 451 Å². The molecule has 0 spiro atoms. The van der Waals surface area contributed by atoms with E-state index in [4.69, 9.17) is 0 Å². The molecule has 0 radical (unpaired) electrons. The maximum absolute atomic E-state index is 14.2. The Balaban J connectivity index is 3.74. The second-order valence-corrected chi connectivity index (χ2v) is 22.1. The number of nitrogens with zero attached hydrogens (tertiary/aromatic N) is 3. The van der Waals surface area contributed by atoms with Crippen LogP contribution in [0.4, 0.5) is 0 Å². The number of likely N-dealkylation sites (N-methyl/N-ethyl adjacent to an activating group) is 3. The zero-order valence-electron chi connectivity index (χ0n) is 48.5. The van der Waals surface area contributed by atoms with Crippen molar-refractivity contribution in [3.8, 4) is 0 Å². The van der Waals surface area contributed by atoms with Crippen LogP contribution >= 0.6 is 0 Å². The second kappa shape index (κ2) is 32.7. The summed E-state index contributed by atoms with van der Waals surface area (Å²) in [6, 6.07) is -9.13. The fourth-order valence-corrected chi connectivity index (χ4v) is 9.08. The molecule has 1 heterocycles. The van der Waals surface area contributed by atoms with E-state index >= 15 is 0 Å². The molecule has 11 amide bonds. The Hall–Kier alpha value is -5.87.